The van der Waals surface area contributed by atoms with E-state index in [0.717, 1.165) is 12.8 Å². The number of para-hydroxylation sites is 1. The molecule has 0 bridgehead atoms. The van der Waals surface area contributed by atoms with Crippen molar-refractivity contribution in [1.29, 1.82) is 0 Å². The standard InChI is InChI=1S/C16H19NO/c1-12-10-15-8-4-5-9-16(15,18-11-12)17-14-7-3-2-6-13(14)15/h2-3,6-7,17H,1,4-5,8-11H2/t15-,16-/m1/s1. The zero-order valence-electron chi connectivity index (χ0n) is 10.7. The SMILES string of the molecule is C=C1CO[C@]23CCCC[C@@]2(C1)c1ccccc1N3. The van der Waals surface area contributed by atoms with Crippen LogP contribution in [0.5, 0.6) is 0 Å². The van der Waals surface area contributed by atoms with Crippen LogP contribution >= 0.6 is 0 Å². The number of ether oxygens (including phenoxy) is 1. The molecule has 1 N–H and O–H groups in total. The lowest BCUT2D eigenvalue weighted by molar-refractivity contribution is -0.111. The number of benzene rings is 1. The second-order valence-electron chi connectivity index (χ2n) is 6.00. The molecule has 0 spiro atoms. The first-order valence-electron chi connectivity index (χ1n) is 6.94. The molecule has 0 radical (unpaired) electrons. The van der Waals surface area contributed by atoms with Crippen molar-refractivity contribution in [1.82, 2.24) is 0 Å². The van der Waals surface area contributed by atoms with Gasteiger partial charge in [-0.15, -0.1) is 0 Å². The average molecular weight is 241 g/mol. The summed E-state index contributed by atoms with van der Waals surface area (Å²) < 4.78 is 6.27. The maximum atomic E-state index is 6.27. The van der Waals surface area contributed by atoms with Crippen molar-refractivity contribution in [2.24, 2.45) is 0 Å². The van der Waals surface area contributed by atoms with Crippen LogP contribution in [0.2, 0.25) is 0 Å². The normalized spacial score (nSPS) is 37.4. The first kappa shape index (κ1) is 10.6. The fourth-order valence-corrected chi connectivity index (χ4v) is 4.28. The molecule has 94 valence electrons. The Labute approximate surface area is 108 Å². The van der Waals surface area contributed by atoms with Gasteiger partial charge in [-0.3, -0.25) is 0 Å². The predicted molar refractivity (Wildman–Crippen MR) is 72.7 cm³/mol. The summed E-state index contributed by atoms with van der Waals surface area (Å²) in [5.74, 6) is 0. The lowest BCUT2D eigenvalue weighted by Gasteiger charge is -2.52. The van der Waals surface area contributed by atoms with E-state index in [4.69, 9.17) is 4.74 Å². The Morgan fingerprint density at radius 3 is 2.94 bits per heavy atom. The van der Waals surface area contributed by atoms with Crippen molar-refractivity contribution in [3.63, 3.8) is 0 Å². The fraction of sp³-hybridized carbons (Fsp3) is 0.500. The lowest BCUT2D eigenvalue weighted by atomic mass is 9.61. The smallest absolute Gasteiger partial charge is 0.149 e. The van der Waals surface area contributed by atoms with E-state index >= 15 is 0 Å². The van der Waals surface area contributed by atoms with Crippen LogP contribution in [-0.4, -0.2) is 12.3 Å². The Hall–Kier alpha value is -1.28. The molecular weight excluding hydrogens is 222 g/mol. The van der Waals surface area contributed by atoms with E-state index < -0.39 is 0 Å². The van der Waals surface area contributed by atoms with Crippen molar-refractivity contribution in [3.8, 4) is 0 Å². The predicted octanol–water partition coefficient (Wildman–Crippen LogP) is 3.60. The van der Waals surface area contributed by atoms with E-state index in [0.29, 0.717) is 6.61 Å². The van der Waals surface area contributed by atoms with Crippen LogP contribution in [0.1, 0.15) is 37.7 Å². The second kappa shape index (κ2) is 3.39. The van der Waals surface area contributed by atoms with Crippen LogP contribution in [0, 0.1) is 0 Å². The molecule has 2 nitrogen and oxygen atoms in total. The molecule has 1 aliphatic carbocycles. The van der Waals surface area contributed by atoms with Gasteiger partial charge in [0.25, 0.3) is 0 Å². The third kappa shape index (κ3) is 1.12. The number of hydrogen-bond acceptors (Lipinski definition) is 2. The number of anilines is 1. The first-order chi connectivity index (χ1) is 8.76. The largest absolute Gasteiger partial charge is 0.357 e. The summed E-state index contributed by atoms with van der Waals surface area (Å²) in [6, 6.07) is 8.72. The fourth-order valence-electron chi connectivity index (χ4n) is 4.28. The Morgan fingerprint density at radius 1 is 1.17 bits per heavy atom. The highest BCUT2D eigenvalue weighted by Gasteiger charge is 2.61. The highest BCUT2D eigenvalue weighted by molar-refractivity contribution is 5.65. The summed E-state index contributed by atoms with van der Waals surface area (Å²) in [4.78, 5) is 0. The van der Waals surface area contributed by atoms with E-state index in [1.54, 1.807) is 0 Å². The van der Waals surface area contributed by atoms with Crippen LogP contribution in [0.25, 0.3) is 0 Å². The number of fused-ring (bicyclic) bond motifs is 1. The molecule has 3 aliphatic rings. The van der Waals surface area contributed by atoms with E-state index in [9.17, 15) is 0 Å². The van der Waals surface area contributed by atoms with Crippen LogP contribution < -0.4 is 5.32 Å². The monoisotopic (exact) mass is 241 g/mol. The van der Waals surface area contributed by atoms with Crippen molar-refractivity contribution in [2.45, 2.75) is 43.2 Å². The summed E-state index contributed by atoms with van der Waals surface area (Å²) >= 11 is 0. The van der Waals surface area contributed by atoms with Crippen molar-refractivity contribution in [3.05, 3.63) is 42.0 Å². The van der Waals surface area contributed by atoms with Gasteiger partial charge in [0, 0.05) is 11.1 Å². The van der Waals surface area contributed by atoms with Crippen LogP contribution in [-0.2, 0) is 10.2 Å². The minimum atomic E-state index is -0.157. The lowest BCUT2D eigenvalue weighted by Crippen LogP contribution is -2.59. The number of nitrogens with one attached hydrogen (secondary N) is 1. The Kier molecular flexibility index (Phi) is 2.00. The third-order valence-corrected chi connectivity index (χ3v) is 5.01. The molecule has 18 heavy (non-hydrogen) atoms. The summed E-state index contributed by atoms with van der Waals surface area (Å²) in [6.07, 6.45) is 5.98. The molecule has 2 atom stereocenters. The highest BCUT2D eigenvalue weighted by atomic mass is 16.5. The quantitative estimate of drug-likeness (QED) is 0.701. The highest BCUT2D eigenvalue weighted by Crippen LogP contribution is 2.60. The molecule has 1 saturated carbocycles. The van der Waals surface area contributed by atoms with Crippen molar-refractivity contribution >= 4 is 5.69 Å². The molecule has 0 amide bonds. The average Bonchev–Trinajstić information content (AvgIpc) is 2.69. The minimum absolute atomic E-state index is 0.136. The van der Waals surface area contributed by atoms with E-state index in [1.165, 1.54) is 36.1 Å². The van der Waals surface area contributed by atoms with Gasteiger partial charge in [-0.25, -0.2) is 0 Å². The maximum Gasteiger partial charge on any atom is 0.149 e. The summed E-state index contributed by atoms with van der Waals surface area (Å²) in [5, 5.41) is 3.70. The molecule has 1 aromatic rings. The number of hydrogen-bond donors (Lipinski definition) is 1. The zero-order valence-corrected chi connectivity index (χ0v) is 10.7. The summed E-state index contributed by atoms with van der Waals surface area (Å²) in [7, 11) is 0. The first-order valence-corrected chi connectivity index (χ1v) is 6.94. The molecule has 0 aromatic heterocycles. The van der Waals surface area contributed by atoms with Crippen LogP contribution in [0.3, 0.4) is 0 Å². The summed E-state index contributed by atoms with van der Waals surface area (Å²) in [6.45, 7) is 4.89. The molecule has 1 aromatic carbocycles. The van der Waals surface area contributed by atoms with Crippen LogP contribution in [0.15, 0.2) is 36.4 Å². The molecule has 2 heteroatoms. The second-order valence-corrected chi connectivity index (χ2v) is 6.00. The van der Waals surface area contributed by atoms with E-state index in [2.05, 4.69) is 36.2 Å². The third-order valence-electron chi connectivity index (χ3n) is 5.01. The molecule has 2 aliphatic heterocycles. The number of rotatable bonds is 0. The summed E-state index contributed by atoms with van der Waals surface area (Å²) in [5.41, 5.74) is 3.94. The molecule has 0 unspecified atom stereocenters. The van der Waals surface area contributed by atoms with E-state index in [-0.39, 0.29) is 11.1 Å². The van der Waals surface area contributed by atoms with Crippen LogP contribution in [0.4, 0.5) is 5.69 Å². The van der Waals surface area contributed by atoms with Gasteiger partial charge >= 0.3 is 0 Å². The van der Waals surface area contributed by atoms with Crippen molar-refractivity contribution < 1.29 is 4.74 Å². The Bertz CT molecular complexity index is 524. The van der Waals surface area contributed by atoms with Gasteiger partial charge in [0.1, 0.15) is 5.72 Å². The zero-order chi connectivity index (χ0) is 12.2. The molecule has 2 fully saturated rings. The molecule has 4 rings (SSSR count). The molecular formula is C16H19NO. The Balaban J connectivity index is 1.93. The molecule has 2 heterocycles. The molecule has 1 saturated heterocycles. The Morgan fingerprint density at radius 2 is 2.00 bits per heavy atom. The van der Waals surface area contributed by atoms with Gasteiger partial charge < -0.3 is 10.1 Å². The van der Waals surface area contributed by atoms with Gasteiger partial charge in [0.05, 0.1) is 6.61 Å². The van der Waals surface area contributed by atoms with Gasteiger partial charge in [-0.2, -0.15) is 0 Å². The van der Waals surface area contributed by atoms with Gasteiger partial charge in [0.2, 0.25) is 0 Å². The van der Waals surface area contributed by atoms with Gasteiger partial charge in [-0.1, -0.05) is 36.8 Å². The maximum absolute atomic E-state index is 6.27. The van der Waals surface area contributed by atoms with Gasteiger partial charge in [-0.05, 0) is 37.3 Å². The van der Waals surface area contributed by atoms with E-state index in [1.807, 2.05) is 0 Å². The minimum Gasteiger partial charge on any atom is -0.357 e. The van der Waals surface area contributed by atoms with Gasteiger partial charge in [0.15, 0.2) is 0 Å². The van der Waals surface area contributed by atoms with Crippen molar-refractivity contribution in [2.75, 3.05) is 11.9 Å². The topological polar surface area (TPSA) is 21.3 Å².